The summed E-state index contributed by atoms with van der Waals surface area (Å²) in [7, 11) is 0. The average molecular weight is 246 g/mol. The molecule has 2 rings (SSSR count). The molecule has 1 nitrogen and oxygen atoms in total. The first kappa shape index (κ1) is 13.6. The third-order valence-electron chi connectivity index (χ3n) is 3.83. The van der Waals surface area contributed by atoms with Gasteiger partial charge in [0.1, 0.15) is 0 Å². The fourth-order valence-corrected chi connectivity index (χ4v) is 2.57. The maximum Gasteiger partial charge on any atom is 0.0720 e. The highest BCUT2D eigenvalue weighted by Gasteiger charge is 2.15. The van der Waals surface area contributed by atoms with Crippen molar-refractivity contribution in [2.24, 2.45) is 0 Å². The predicted molar refractivity (Wildman–Crippen MR) is 76.8 cm³/mol. The molecule has 1 aromatic rings. The Labute approximate surface area is 112 Å². The Balaban J connectivity index is 1.92. The molecule has 1 fully saturated rings. The second-order valence-electron chi connectivity index (χ2n) is 6.52. The van der Waals surface area contributed by atoms with Gasteiger partial charge in [-0.05, 0) is 29.4 Å². The molecule has 18 heavy (non-hydrogen) atoms. The van der Waals surface area contributed by atoms with Crippen LogP contribution in [0.4, 0.5) is 0 Å². The van der Waals surface area contributed by atoms with Gasteiger partial charge in [-0.2, -0.15) is 0 Å². The van der Waals surface area contributed by atoms with Crippen LogP contribution in [-0.4, -0.2) is 6.10 Å². The van der Waals surface area contributed by atoms with E-state index in [0.717, 1.165) is 6.61 Å². The van der Waals surface area contributed by atoms with Crippen LogP contribution in [-0.2, 0) is 16.8 Å². The van der Waals surface area contributed by atoms with Gasteiger partial charge in [0.05, 0.1) is 12.7 Å². The van der Waals surface area contributed by atoms with Crippen molar-refractivity contribution in [2.75, 3.05) is 0 Å². The molecule has 1 aliphatic rings. The van der Waals surface area contributed by atoms with Gasteiger partial charge in [-0.1, -0.05) is 64.3 Å². The van der Waals surface area contributed by atoms with Gasteiger partial charge < -0.3 is 4.74 Å². The number of rotatable bonds is 3. The molecule has 0 heterocycles. The van der Waals surface area contributed by atoms with Crippen molar-refractivity contribution >= 4 is 0 Å². The van der Waals surface area contributed by atoms with Gasteiger partial charge in [0.2, 0.25) is 0 Å². The average Bonchev–Trinajstić information content (AvgIpc) is 2.37. The monoisotopic (exact) mass is 246 g/mol. The zero-order chi connectivity index (χ0) is 13.0. The Morgan fingerprint density at radius 1 is 1.11 bits per heavy atom. The number of hydrogen-bond donors (Lipinski definition) is 0. The van der Waals surface area contributed by atoms with Gasteiger partial charge in [-0.25, -0.2) is 0 Å². The lowest BCUT2D eigenvalue weighted by Gasteiger charge is -2.23. The van der Waals surface area contributed by atoms with Crippen LogP contribution in [0.3, 0.4) is 0 Å². The first-order chi connectivity index (χ1) is 8.55. The largest absolute Gasteiger partial charge is 0.374 e. The highest BCUT2D eigenvalue weighted by Crippen LogP contribution is 2.24. The van der Waals surface area contributed by atoms with E-state index in [0.29, 0.717) is 6.10 Å². The SMILES string of the molecule is CC(C)(C)c1cccc(COC2CCCCC2)c1. The highest BCUT2D eigenvalue weighted by atomic mass is 16.5. The summed E-state index contributed by atoms with van der Waals surface area (Å²) in [5.41, 5.74) is 2.93. The van der Waals surface area contributed by atoms with Crippen molar-refractivity contribution in [1.29, 1.82) is 0 Å². The second-order valence-corrected chi connectivity index (χ2v) is 6.52. The third kappa shape index (κ3) is 3.84. The van der Waals surface area contributed by atoms with Crippen LogP contribution in [0, 0.1) is 0 Å². The molecule has 0 saturated heterocycles. The summed E-state index contributed by atoms with van der Waals surface area (Å²) in [6, 6.07) is 8.84. The standard InChI is InChI=1S/C17H26O/c1-17(2,3)15-9-7-8-14(12-15)13-18-16-10-5-4-6-11-16/h7-9,12,16H,4-6,10-11,13H2,1-3H3. The molecule has 1 heteroatoms. The summed E-state index contributed by atoms with van der Waals surface area (Å²) in [6.07, 6.45) is 7.06. The summed E-state index contributed by atoms with van der Waals surface area (Å²) in [5.74, 6) is 0. The van der Waals surface area contributed by atoms with Gasteiger partial charge in [0.15, 0.2) is 0 Å². The maximum absolute atomic E-state index is 6.04. The van der Waals surface area contributed by atoms with E-state index in [-0.39, 0.29) is 5.41 Å². The second kappa shape index (κ2) is 5.88. The summed E-state index contributed by atoms with van der Waals surface area (Å²) in [4.78, 5) is 0. The summed E-state index contributed by atoms with van der Waals surface area (Å²) >= 11 is 0. The lowest BCUT2D eigenvalue weighted by molar-refractivity contribution is 0.0168. The summed E-state index contributed by atoms with van der Waals surface area (Å²) in [5, 5.41) is 0. The molecule has 100 valence electrons. The molecule has 1 saturated carbocycles. The molecule has 0 unspecified atom stereocenters. The van der Waals surface area contributed by atoms with Crippen molar-refractivity contribution in [2.45, 2.75) is 71.0 Å². The smallest absolute Gasteiger partial charge is 0.0720 e. The molecule has 0 bridgehead atoms. The Morgan fingerprint density at radius 3 is 2.50 bits per heavy atom. The molecule has 0 spiro atoms. The Hall–Kier alpha value is -0.820. The summed E-state index contributed by atoms with van der Waals surface area (Å²) < 4.78 is 6.04. The van der Waals surface area contributed by atoms with Gasteiger partial charge in [-0.3, -0.25) is 0 Å². The van der Waals surface area contributed by atoms with Gasteiger partial charge >= 0.3 is 0 Å². The first-order valence-corrected chi connectivity index (χ1v) is 7.27. The predicted octanol–water partition coefficient (Wildman–Crippen LogP) is 4.83. The Bertz CT molecular complexity index is 369. The zero-order valence-electron chi connectivity index (χ0n) is 12.0. The number of benzene rings is 1. The van der Waals surface area contributed by atoms with E-state index in [9.17, 15) is 0 Å². The van der Waals surface area contributed by atoms with Gasteiger partial charge in [0, 0.05) is 0 Å². The van der Waals surface area contributed by atoms with E-state index in [1.165, 1.54) is 43.2 Å². The van der Waals surface area contributed by atoms with Crippen LogP contribution < -0.4 is 0 Å². The van der Waals surface area contributed by atoms with E-state index < -0.39 is 0 Å². The minimum absolute atomic E-state index is 0.223. The molecule has 0 aromatic heterocycles. The van der Waals surface area contributed by atoms with E-state index in [2.05, 4.69) is 45.0 Å². The van der Waals surface area contributed by atoms with Crippen LogP contribution >= 0.6 is 0 Å². The molecule has 0 radical (unpaired) electrons. The van der Waals surface area contributed by atoms with E-state index in [1.54, 1.807) is 0 Å². The molecular formula is C17H26O. The lowest BCUT2D eigenvalue weighted by Crippen LogP contribution is -2.16. The maximum atomic E-state index is 6.04. The van der Waals surface area contributed by atoms with Crippen LogP contribution in [0.15, 0.2) is 24.3 Å². The number of hydrogen-bond acceptors (Lipinski definition) is 1. The quantitative estimate of drug-likeness (QED) is 0.742. The number of ether oxygens (including phenoxy) is 1. The van der Waals surface area contributed by atoms with Crippen LogP contribution in [0.2, 0.25) is 0 Å². The molecule has 1 aliphatic carbocycles. The Kier molecular flexibility index (Phi) is 4.45. The lowest BCUT2D eigenvalue weighted by atomic mass is 9.86. The minimum Gasteiger partial charge on any atom is -0.374 e. The highest BCUT2D eigenvalue weighted by molar-refractivity contribution is 5.28. The first-order valence-electron chi connectivity index (χ1n) is 7.27. The van der Waals surface area contributed by atoms with Crippen molar-refractivity contribution in [3.05, 3.63) is 35.4 Å². The molecular weight excluding hydrogens is 220 g/mol. The van der Waals surface area contributed by atoms with E-state index >= 15 is 0 Å². The van der Waals surface area contributed by atoms with Crippen molar-refractivity contribution in [3.63, 3.8) is 0 Å². The van der Waals surface area contributed by atoms with Gasteiger partial charge in [-0.15, -0.1) is 0 Å². The topological polar surface area (TPSA) is 9.23 Å². The molecule has 0 atom stereocenters. The zero-order valence-corrected chi connectivity index (χ0v) is 12.0. The van der Waals surface area contributed by atoms with Crippen LogP contribution in [0.25, 0.3) is 0 Å². The van der Waals surface area contributed by atoms with Gasteiger partial charge in [0.25, 0.3) is 0 Å². The fourth-order valence-electron chi connectivity index (χ4n) is 2.57. The Morgan fingerprint density at radius 2 is 1.83 bits per heavy atom. The normalized spacial score (nSPS) is 17.9. The molecule has 0 amide bonds. The van der Waals surface area contributed by atoms with Crippen LogP contribution in [0.1, 0.15) is 64.0 Å². The molecule has 0 aliphatic heterocycles. The van der Waals surface area contributed by atoms with Crippen molar-refractivity contribution in [3.8, 4) is 0 Å². The minimum atomic E-state index is 0.223. The fraction of sp³-hybridized carbons (Fsp3) is 0.647. The van der Waals surface area contributed by atoms with Crippen LogP contribution in [0.5, 0.6) is 0 Å². The third-order valence-corrected chi connectivity index (χ3v) is 3.83. The van der Waals surface area contributed by atoms with Crippen molar-refractivity contribution in [1.82, 2.24) is 0 Å². The molecule has 0 N–H and O–H groups in total. The summed E-state index contributed by atoms with van der Waals surface area (Å²) in [6.45, 7) is 7.55. The van der Waals surface area contributed by atoms with E-state index in [4.69, 9.17) is 4.74 Å². The molecule has 1 aromatic carbocycles. The van der Waals surface area contributed by atoms with E-state index in [1.807, 2.05) is 0 Å². The van der Waals surface area contributed by atoms with Crippen molar-refractivity contribution < 1.29 is 4.74 Å².